The minimum absolute atomic E-state index is 0.165. The van der Waals surface area contributed by atoms with E-state index in [-0.39, 0.29) is 12.2 Å². The highest BCUT2D eigenvalue weighted by Gasteiger charge is 2.21. The molecule has 0 aliphatic rings. The lowest BCUT2D eigenvalue weighted by molar-refractivity contribution is 0.103. The second kappa shape index (κ2) is 6.73. The van der Waals surface area contributed by atoms with Crippen molar-refractivity contribution in [2.24, 2.45) is 7.05 Å². The van der Waals surface area contributed by atoms with Crippen LogP contribution in [0.5, 0.6) is 0 Å². The van der Waals surface area contributed by atoms with E-state index in [0.717, 1.165) is 11.3 Å². The van der Waals surface area contributed by atoms with Gasteiger partial charge in [-0.1, -0.05) is 6.07 Å². The average molecular weight is 400 g/mol. The number of thiophene rings is 1. The number of methoxy groups -OCH3 is 1. The standard InChI is InChI=1S/C18H16N4O5S/c1-8-12-15(23)20-11(7-26-3)21-17(12)28-14(8)16(24)19-9-5-4-6-10-13(9)27-18(25)22(10)2/h4-6H,7H2,1-3H3,(H,19,24)(H,20,21,23). The summed E-state index contributed by atoms with van der Waals surface area (Å²) in [7, 11) is 3.09. The molecule has 144 valence electrons. The van der Waals surface area contributed by atoms with Crippen molar-refractivity contribution in [3.8, 4) is 0 Å². The Labute approximate surface area is 161 Å². The van der Waals surface area contributed by atoms with Crippen LogP contribution in [0.4, 0.5) is 5.69 Å². The van der Waals surface area contributed by atoms with Crippen molar-refractivity contribution in [3.05, 3.63) is 55.4 Å². The van der Waals surface area contributed by atoms with Crippen molar-refractivity contribution in [1.29, 1.82) is 0 Å². The first-order chi connectivity index (χ1) is 13.4. The number of para-hydroxylation sites is 1. The summed E-state index contributed by atoms with van der Waals surface area (Å²) in [5.74, 6) is -0.535. The number of hydrogen-bond donors (Lipinski definition) is 2. The predicted molar refractivity (Wildman–Crippen MR) is 105 cm³/mol. The van der Waals surface area contributed by atoms with Gasteiger partial charge in [0.2, 0.25) is 0 Å². The Balaban J connectivity index is 1.77. The zero-order valence-electron chi connectivity index (χ0n) is 15.3. The molecule has 0 unspecified atom stereocenters. The van der Waals surface area contributed by atoms with Crippen molar-refractivity contribution < 1.29 is 13.9 Å². The summed E-state index contributed by atoms with van der Waals surface area (Å²) in [4.78, 5) is 44.8. The largest absolute Gasteiger partial charge is 0.419 e. The number of carbonyl (C=O) groups is 1. The van der Waals surface area contributed by atoms with Gasteiger partial charge in [0.25, 0.3) is 11.5 Å². The summed E-state index contributed by atoms with van der Waals surface area (Å²) in [5.41, 5.74) is 1.45. The zero-order chi connectivity index (χ0) is 20.0. The van der Waals surface area contributed by atoms with Crippen LogP contribution in [0.3, 0.4) is 0 Å². The van der Waals surface area contributed by atoms with E-state index in [1.807, 2.05) is 0 Å². The van der Waals surface area contributed by atoms with Gasteiger partial charge < -0.3 is 19.5 Å². The number of aromatic nitrogens is 3. The minimum atomic E-state index is -0.517. The van der Waals surface area contributed by atoms with Crippen molar-refractivity contribution >= 4 is 44.2 Å². The molecule has 0 spiro atoms. The molecule has 3 heterocycles. The van der Waals surface area contributed by atoms with Gasteiger partial charge in [0.1, 0.15) is 17.3 Å². The highest BCUT2D eigenvalue weighted by molar-refractivity contribution is 7.20. The number of oxazole rings is 1. The minimum Gasteiger partial charge on any atom is -0.405 e. The summed E-state index contributed by atoms with van der Waals surface area (Å²) in [6, 6.07) is 5.09. The van der Waals surface area contributed by atoms with Crippen molar-refractivity contribution in [2.75, 3.05) is 12.4 Å². The number of rotatable bonds is 4. The molecule has 4 rings (SSSR count). The van der Waals surface area contributed by atoms with Crippen LogP contribution in [0.15, 0.2) is 32.2 Å². The molecular formula is C18H16N4O5S. The lowest BCUT2D eigenvalue weighted by atomic mass is 10.2. The van der Waals surface area contributed by atoms with Crippen LogP contribution < -0.4 is 16.6 Å². The first kappa shape index (κ1) is 18.1. The second-order valence-electron chi connectivity index (χ2n) is 6.22. The molecule has 28 heavy (non-hydrogen) atoms. The number of aromatic amines is 1. The number of nitrogens with zero attached hydrogens (tertiary/aromatic N) is 2. The maximum atomic E-state index is 12.9. The number of benzene rings is 1. The van der Waals surface area contributed by atoms with Crippen LogP contribution >= 0.6 is 11.3 Å². The Morgan fingerprint density at radius 3 is 2.93 bits per heavy atom. The molecule has 0 saturated heterocycles. The van der Waals surface area contributed by atoms with Gasteiger partial charge in [-0.2, -0.15) is 0 Å². The Bertz CT molecular complexity index is 1340. The van der Waals surface area contributed by atoms with Gasteiger partial charge in [-0.15, -0.1) is 11.3 Å². The average Bonchev–Trinajstić information content (AvgIpc) is 3.14. The third-order valence-electron chi connectivity index (χ3n) is 4.40. The van der Waals surface area contributed by atoms with Crippen LogP contribution in [0, 0.1) is 6.92 Å². The fraction of sp³-hybridized carbons (Fsp3) is 0.222. The van der Waals surface area contributed by atoms with E-state index >= 15 is 0 Å². The van der Waals surface area contributed by atoms with E-state index in [0.29, 0.717) is 43.3 Å². The third kappa shape index (κ3) is 2.83. The summed E-state index contributed by atoms with van der Waals surface area (Å²) in [6.07, 6.45) is 0. The summed E-state index contributed by atoms with van der Waals surface area (Å²) in [5, 5.41) is 3.14. The van der Waals surface area contributed by atoms with Gasteiger partial charge in [-0.3, -0.25) is 14.2 Å². The normalized spacial score (nSPS) is 11.4. The van der Waals surface area contributed by atoms with Crippen LogP contribution in [0.25, 0.3) is 21.3 Å². The maximum Gasteiger partial charge on any atom is 0.419 e. The number of nitrogens with one attached hydrogen (secondary N) is 2. The lowest BCUT2D eigenvalue weighted by Crippen LogP contribution is -2.13. The summed E-state index contributed by atoms with van der Waals surface area (Å²) in [6.45, 7) is 1.86. The molecule has 2 N–H and O–H groups in total. The van der Waals surface area contributed by atoms with E-state index in [2.05, 4.69) is 15.3 Å². The van der Waals surface area contributed by atoms with Crippen LogP contribution in [-0.2, 0) is 18.4 Å². The quantitative estimate of drug-likeness (QED) is 0.542. The molecule has 0 bridgehead atoms. The number of ether oxygens (including phenoxy) is 1. The monoisotopic (exact) mass is 400 g/mol. The smallest absolute Gasteiger partial charge is 0.405 e. The Kier molecular flexibility index (Phi) is 4.36. The molecule has 4 aromatic rings. The number of amides is 1. The topological polar surface area (TPSA) is 119 Å². The summed E-state index contributed by atoms with van der Waals surface area (Å²) >= 11 is 1.12. The second-order valence-corrected chi connectivity index (χ2v) is 7.22. The number of carbonyl (C=O) groups excluding carboxylic acids is 1. The SMILES string of the molecule is COCc1nc2sc(C(=O)Nc3cccc4c3oc(=O)n4C)c(C)c2c(=O)[nH]1. The van der Waals surface area contributed by atoms with E-state index < -0.39 is 11.7 Å². The molecule has 0 aliphatic heterocycles. The highest BCUT2D eigenvalue weighted by atomic mass is 32.1. The molecule has 0 aliphatic carbocycles. The van der Waals surface area contributed by atoms with Crippen molar-refractivity contribution in [3.63, 3.8) is 0 Å². The molecule has 3 aromatic heterocycles. The zero-order valence-corrected chi connectivity index (χ0v) is 16.1. The molecule has 0 fully saturated rings. The Hall–Kier alpha value is -3.24. The molecule has 1 amide bonds. The third-order valence-corrected chi connectivity index (χ3v) is 5.59. The number of aryl methyl sites for hydroxylation is 2. The molecule has 9 nitrogen and oxygen atoms in total. The van der Waals surface area contributed by atoms with Crippen LogP contribution in [-0.4, -0.2) is 27.6 Å². The van der Waals surface area contributed by atoms with E-state index in [1.165, 1.54) is 11.7 Å². The van der Waals surface area contributed by atoms with Gasteiger partial charge in [-0.05, 0) is 24.6 Å². The summed E-state index contributed by atoms with van der Waals surface area (Å²) < 4.78 is 11.6. The van der Waals surface area contributed by atoms with Crippen molar-refractivity contribution in [1.82, 2.24) is 14.5 Å². The highest BCUT2D eigenvalue weighted by Crippen LogP contribution is 2.29. The van der Waals surface area contributed by atoms with Crippen LogP contribution in [0.2, 0.25) is 0 Å². The lowest BCUT2D eigenvalue weighted by Gasteiger charge is -2.05. The molecule has 10 heteroatoms. The molecule has 1 aromatic carbocycles. The van der Waals surface area contributed by atoms with Gasteiger partial charge in [-0.25, -0.2) is 9.78 Å². The number of H-pyrrole nitrogens is 1. The van der Waals surface area contributed by atoms with Crippen molar-refractivity contribution in [2.45, 2.75) is 13.5 Å². The first-order valence-electron chi connectivity index (χ1n) is 8.32. The van der Waals surface area contributed by atoms with Gasteiger partial charge >= 0.3 is 5.76 Å². The number of hydrogen-bond acceptors (Lipinski definition) is 7. The Morgan fingerprint density at radius 2 is 2.18 bits per heavy atom. The van der Waals surface area contributed by atoms with Crippen LogP contribution in [0.1, 0.15) is 21.1 Å². The molecular weight excluding hydrogens is 384 g/mol. The van der Waals surface area contributed by atoms with E-state index in [4.69, 9.17) is 9.15 Å². The first-order valence-corrected chi connectivity index (χ1v) is 9.13. The molecule has 0 saturated carbocycles. The predicted octanol–water partition coefficient (Wildman–Crippen LogP) is 2.14. The maximum absolute atomic E-state index is 12.9. The fourth-order valence-corrected chi connectivity index (χ4v) is 4.13. The van der Waals surface area contributed by atoms with Gasteiger partial charge in [0.15, 0.2) is 5.58 Å². The number of fused-ring (bicyclic) bond motifs is 2. The molecule has 0 radical (unpaired) electrons. The fourth-order valence-electron chi connectivity index (χ4n) is 3.04. The van der Waals surface area contributed by atoms with E-state index in [1.54, 1.807) is 32.2 Å². The Morgan fingerprint density at radius 1 is 1.39 bits per heavy atom. The van der Waals surface area contributed by atoms with Gasteiger partial charge in [0, 0.05) is 14.2 Å². The van der Waals surface area contributed by atoms with E-state index in [9.17, 15) is 14.4 Å². The number of anilines is 1. The molecule has 0 atom stereocenters. The van der Waals surface area contributed by atoms with Gasteiger partial charge in [0.05, 0.1) is 21.5 Å².